The molecule has 0 amide bonds. The molecule has 0 aliphatic carbocycles. The van der Waals surface area contributed by atoms with Gasteiger partial charge in [-0.15, -0.1) is 0 Å². The molecule has 2 aromatic rings. The Morgan fingerprint density at radius 1 is 1.50 bits per heavy atom. The Morgan fingerprint density at radius 3 is 2.89 bits per heavy atom. The lowest BCUT2D eigenvalue weighted by molar-refractivity contribution is 0.528. The summed E-state index contributed by atoms with van der Waals surface area (Å²) in [6.07, 6.45) is 3.75. The average Bonchev–Trinajstić information content (AvgIpc) is 2.72. The van der Waals surface area contributed by atoms with E-state index in [1.807, 2.05) is 26.2 Å². The van der Waals surface area contributed by atoms with Crippen LogP contribution in [0.15, 0.2) is 35.1 Å². The van der Waals surface area contributed by atoms with Crippen LogP contribution >= 0.6 is 15.9 Å². The van der Waals surface area contributed by atoms with Crippen LogP contribution in [0.25, 0.3) is 0 Å². The highest BCUT2D eigenvalue weighted by Crippen LogP contribution is 2.21. The smallest absolute Gasteiger partial charge is 0.129 e. The van der Waals surface area contributed by atoms with Crippen LogP contribution in [0.2, 0.25) is 0 Å². The van der Waals surface area contributed by atoms with Gasteiger partial charge in [0.2, 0.25) is 0 Å². The summed E-state index contributed by atoms with van der Waals surface area (Å²) in [5.74, 6) is -0.199. The Labute approximate surface area is 114 Å². The standard InChI is InChI=1S/C13H15BrFN3/c1-9(12-4-3-11(14)5-13(12)15)16-6-10-7-17-18(2)8-10/h3-5,7-9,16H,6H2,1-2H3. The first-order valence-corrected chi connectivity index (χ1v) is 6.51. The molecule has 1 aromatic heterocycles. The second kappa shape index (κ2) is 5.63. The molecular weight excluding hydrogens is 297 g/mol. The number of nitrogens with zero attached hydrogens (tertiary/aromatic N) is 2. The molecule has 0 aliphatic rings. The zero-order valence-electron chi connectivity index (χ0n) is 10.3. The molecule has 0 spiro atoms. The monoisotopic (exact) mass is 311 g/mol. The quantitative estimate of drug-likeness (QED) is 0.940. The van der Waals surface area contributed by atoms with Crippen molar-refractivity contribution in [2.75, 3.05) is 0 Å². The Balaban J connectivity index is 2.01. The Kier molecular flexibility index (Phi) is 4.14. The van der Waals surface area contributed by atoms with Crippen LogP contribution in [0.4, 0.5) is 4.39 Å². The first-order chi connectivity index (χ1) is 8.56. The van der Waals surface area contributed by atoms with Crippen molar-refractivity contribution in [3.8, 4) is 0 Å². The van der Waals surface area contributed by atoms with Gasteiger partial charge in [-0.25, -0.2) is 4.39 Å². The van der Waals surface area contributed by atoms with Crippen molar-refractivity contribution in [2.45, 2.75) is 19.5 Å². The number of aromatic nitrogens is 2. The van der Waals surface area contributed by atoms with Gasteiger partial charge in [0, 0.05) is 41.4 Å². The Bertz CT molecular complexity index is 539. The largest absolute Gasteiger partial charge is 0.306 e. The van der Waals surface area contributed by atoms with E-state index in [0.717, 1.165) is 10.0 Å². The summed E-state index contributed by atoms with van der Waals surface area (Å²) in [5.41, 5.74) is 1.75. The van der Waals surface area contributed by atoms with E-state index in [1.54, 1.807) is 16.9 Å². The van der Waals surface area contributed by atoms with Gasteiger partial charge in [0.1, 0.15) is 5.82 Å². The normalized spacial score (nSPS) is 12.7. The maximum Gasteiger partial charge on any atom is 0.129 e. The van der Waals surface area contributed by atoms with Crippen molar-refractivity contribution in [2.24, 2.45) is 7.05 Å². The van der Waals surface area contributed by atoms with Crippen molar-refractivity contribution in [1.82, 2.24) is 15.1 Å². The second-order valence-electron chi connectivity index (χ2n) is 4.29. The molecule has 0 aliphatic heterocycles. The third-order valence-corrected chi connectivity index (χ3v) is 3.29. The molecule has 0 bridgehead atoms. The summed E-state index contributed by atoms with van der Waals surface area (Å²) in [7, 11) is 1.88. The zero-order valence-corrected chi connectivity index (χ0v) is 11.9. The van der Waals surface area contributed by atoms with E-state index >= 15 is 0 Å². The number of benzene rings is 1. The van der Waals surface area contributed by atoms with E-state index in [4.69, 9.17) is 0 Å². The van der Waals surface area contributed by atoms with E-state index in [9.17, 15) is 4.39 Å². The van der Waals surface area contributed by atoms with Gasteiger partial charge in [-0.2, -0.15) is 5.10 Å². The summed E-state index contributed by atoms with van der Waals surface area (Å²) >= 11 is 3.25. The van der Waals surface area contributed by atoms with Gasteiger partial charge in [0.25, 0.3) is 0 Å². The van der Waals surface area contributed by atoms with Crippen LogP contribution in [0.3, 0.4) is 0 Å². The van der Waals surface area contributed by atoms with Crippen LogP contribution in [-0.2, 0) is 13.6 Å². The molecule has 1 N–H and O–H groups in total. The number of halogens is 2. The van der Waals surface area contributed by atoms with Gasteiger partial charge >= 0.3 is 0 Å². The molecule has 0 saturated carbocycles. The molecule has 0 radical (unpaired) electrons. The van der Waals surface area contributed by atoms with E-state index in [-0.39, 0.29) is 11.9 Å². The van der Waals surface area contributed by atoms with Gasteiger partial charge in [0.15, 0.2) is 0 Å². The predicted octanol–water partition coefficient (Wildman–Crippen LogP) is 3.17. The van der Waals surface area contributed by atoms with E-state index in [0.29, 0.717) is 12.1 Å². The Hall–Kier alpha value is -1.20. The Morgan fingerprint density at radius 2 is 2.28 bits per heavy atom. The van der Waals surface area contributed by atoms with Gasteiger partial charge in [-0.1, -0.05) is 22.0 Å². The second-order valence-corrected chi connectivity index (χ2v) is 5.21. The number of rotatable bonds is 4. The maximum absolute atomic E-state index is 13.7. The highest BCUT2D eigenvalue weighted by atomic mass is 79.9. The van der Waals surface area contributed by atoms with Gasteiger partial charge in [-0.05, 0) is 19.1 Å². The summed E-state index contributed by atoms with van der Waals surface area (Å²) in [6, 6.07) is 5.08. The molecule has 1 atom stereocenters. The SMILES string of the molecule is CC(NCc1cnn(C)c1)c1ccc(Br)cc1F. The van der Waals surface area contributed by atoms with Crippen molar-refractivity contribution in [3.63, 3.8) is 0 Å². The minimum Gasteiger partial charge on any atom is -0.306 e. The molecule has 0 fully saturated rings. The average molecular weight is 312 g/mol. The van der Waals surface area contributed by atoms with Crippen molar-refractivity contribution in [3.05, 3.63) is 52.0 Å². The minimum absolute atomic E-state index is 0.0432. The third-order valence-electron chi connectivity index (χ3n) is 2.80. The molecule has 0 saturated heterocycles. The fourth-order valence-corrected chi connectivity index (χ4v) is 2.13. The van der Waals surface area contributed by atoms with Crippen molar-refractivity contribution < 1.29 is 4.39 Å². The summed E-state index contributed by atoms with van der Waals surface area (Å²) in [4.78, 5) is 0. The van der Waals surface area contributed by atoms with Gasteiger partial charge in [-0.3, -0.25) is 4.68 Å². The predicted molar refractivity (Wildman–Crippen MR) is 72.6 cm³/mol. The summed E-state index contributed by atoms with van der Waals surface area (Å²) in [6.45, 7) is 2.62. The fourth-order valence-electron chi connectivity index (χ4n) is 1.80. The summed E-state index contributed by atoms with van der Waals surface area (Å²) < 4.78 is 16.2. The number of nitrogens with one attached hydrogen (secondary N) is 1. The molecular formula is C13H15BrFN3. The topological polar surface area (TPSA) is 29.9 Å². The van der Waals surface area contributed by atoms with Gasteiger partial charge in [0.05, 0.1) is 6.20 Å². The van der Waals surface area contributed by atoms with Crippen LogP contribution in [0.5, 0.6) is 0 Å². The molecule has 18 heavy (non-hydrogen) atoms. The minimum atomic E-state index is -0.199. The molecule has 1 heterocycles. The first-order valence-electron chi connectivity index (χ1n) is 5.72. The number of aryl methyl sites for hydroxylation is 1. The zero-order chi connectivity index (χ0) is 13.1. The van der Waals surface area contributed by atoms with Crippen LogP contribution in [0, 0.1) is 5.82 Å². The number of hydrogen-bond donors (Lipinski definition) is 1. The molecule has 96 valence electrons. The third kappa shape index (κ3) is 3.17. The lowest BCUT2D eigenvalue weighted by Crippen LogP contribution is -2.18. The van der Waals surface area contributed by atoms with Crippen LogP contribution in [-0.4, -0.2) is 9.78 Å². The highest BCUT2D eigenvalue weighted by Gasteiger charge is 2.10. The first kappa shape index (κ1) is 13.2. The molecule has 3 nitrogen and oxygen atoms in total. The molecule has 2 rings (SSSR count). The van der Waals surface area contributed by atoms with Crippen molar-refractivity contribution >= 4 is 15.9 Å². The molecule has 5 heteroatoms. The van der Waals surface area contributed by atoms with Crippen LogP contribution in [0.1, 0.15) is 24.1 Å². The van der Waals surface area contributed by atoms with E-state index < -0.39 is 0 Å². The van der Waals surface area contributed by atoms with E-state index in [2.05, 4.69) is 26.3 Å². The lowest BCUT2D eigenvalue weighted by atomic mass is 10.1. The van der Waals surface area contributed by atoms with Crippen molar-refractivity contribution in [1.29, 1.82) is 0 Å². The molecule has 1 unspecified atom stereocenters. The van der Waals surface area contributed by atoms with E-state index in [1.165, 1.54) is 6.07 Å². The summed E-state index contributed by atoms with van der Waals surface area (Å²) in [5, 5.41) is 7.37. The van der Waals surface area contributed by atoms with Gasteiger partial charge < -0.3 is 5.32 Å². The fraction of sp³-hybridized carbons (Fsp3) is 0.308. The lowest BCUT2D eigenvalue weighted by Gasteiger charge is -2.14. The van der Waals surface area contributed by atoms with Crippen LogP contribution < -0.4 is 5.32 Å². The highest BCUT2D eigenvalue weighted by molar-refractivity contribution is 9.10. The molecule has 1 aromatic carbocycles. The number of hydrogen-bond acceptors (Lipinski definition) is 2. The maximum atomic E-state index is 13.7.